The lowest BCUT2D eigenvalue weighted by atomic mass is 10.1. The maximum atomic E-state index is 12.2. The first-order chi connectivity index (χ1) is 10.6. The number of aryl methyl sites for hydroxylation is 1. The van der Waals surface area contributed by atoms with Crippen LogP contribution in [0.2, 0.25) is 0 Å². The quantitative estimate of drug-likeness (QED) is 0.911. The van der Waals surface area contributed by atoms with Gasteiger partial charge in [-0.15, -0.1) is 11.3 Å². The third kappa shape index (κ3) is 3.36. The van der Waals surface area contributed by atoms with Gasteiger partial charge in [-0.3, -0.25) is 4.79 Å². The molecule has 3 rings (SSSR count). The number of hydrogen-bond acceptors (Lipinski definition) is 4. The molecule has 3 N–H and O–H groups in total. The van der Waals surface area contributed by atoms with Crippen LogP contribution in [0.4, 0.5) is 0 Å². The Balaban J connectivity index is 1.64. The Kier molecular flexibility index (Phi) is 4.55. The van der Waals surface area contributed by atoms with E-state index in [1.807, 2.05) is 25.1 Å². The highest BCUT2D eigenvalue weighted by atomic mass is 32.1. The molecule has 2 unspecified atom stereocenters. The smallest absolute Gasteiger partial charge is 0.223 e. The minimum atomic E-state index is 0.0804. The number of hydrogen-bond donors (Lipinski definition) is 2. The molecular formula is C17H21N3OS. The fraction of sp³-hybridized carbons (Fsp3) is 0.412. The molecule has 1 saturated carbocycles. The van der Waals surface area contributed by atoms with Crippen molar-refractivity contribution in [3.8, 4) is 10.6 Å². The van der Waals surface area contributed by atoms with E-state index in [1.165, 1.54) is 0 Å². The lowest BCUT2D eigenvalue weighted by molar-refractivity contribution is -0.124. The van der Waals surface area contributed by atoms with Gasteiger partial charge in [0.25, 0.3) is 0 Å². The number of nitrogens with zero attached hydrogens (tertiary/aromatic N) is 1. The van der Waals surface area contributed by atoms with Crippen LogP contribution in [0.25, 0.3) is 10.6 Å². The van der Waals surface area contributed by atoms with E-state index in [0.29, 0.717) is 6.54 Å². The summed E-state index contributed by atoms with van der Waals surface area (Å²) in [5.74, 6) is 0.207. The van der Waals surface area contributed by atoms with Crippen LogP contribution in [0.1, 0.15) is 29.8 Å². The largest absolute Gasteiger partial charge is 0.351 e. The van der Waals surface area contributed by atoms with Crippen molar-refractivity contribution in [2.75, 3.05) is 0 Å². The molecule has 4 nitrogen and oxygen atoms in total. The Morgan fingerprint density at radius 1 is 1.36 bits per heavy atom. The molecule has 1 aliphatic rings. The van der Waals surface area contributed by atoms with E-state index < -0.39 is 0 Å². The Labute approximate surface area is 134 Å². The lowest BCUT2D eigenvalue weighted by Crippen LogP contribution is -2.29. The number of amides is 1. The summed E-state index contributed by atoms with van der Waals surface area (Å²) in [7, 11) is 0. The van der Waals surface area contributed by atoms with Crippen LogP contribution in [0.3, 0.4) is 0 Å². The van der Waals surface area contributed by atoms with Crippen molar-refractivity contribution in [2.24, 2.45) is 11.7 Å². The van der Waals surface area contributed by atoms with Crippen molar-refractivity contribution < 1.29 is 4.79 Å². The number of aromatic nitrogens is 1. The van der Waals surface area contributed by atoms with Crippen LogP contribution < -0.4 is 11.1 Å². The average molecular weight is 315 g/mol. The van der Waals surface area contributed by atoms with Crippen molar-refractivity contribution >= 4 is 17.2 Å². The third-order valence-corrected chi connectivity index (χ3v) is 5.39. The number of carbonyl (C=O) groups excluding carboxylic acids is 1. The number of benzene rings is 1. The van der Waals surface area contributed by atoms with Crippen molar-refractivity contribution in [3.63, 3.8) is 0 Å². The summed E-state index contributed by atoms with van der Waals surface area (Å²) >= 11 is 1.65. The maximum absolute atomic E-state index is 12.2. The minimum absolute atomic E-state index is 0.0804. The third-order valence-electron chi connectivity index (χ3n) is 4.18. The summed E-state index contributed by atoms with van der Waals surface area (Å²) in [6.07, 6.45) is 2.67. The summed E-state index contributed by atoms with van der Waals surface area (Å²) in [5.41, 5.74) is 7.99. The molecule has 1 aromatic carbocycles. The van der Waals surface area contributed by atoms with Crippen LogP contribution >= 0.6 is 11.3 Å². The predicted octanol–water partition coefficient (Wildman–Crippen LogP) is 2.86. The first kappa shape index (κ1) is 15.2. The fourth-order valence-corrected chi connectivity index (χ4v) is 3.87. The van der Waals surface area contributed by atoms with Gasteiger partial charge in [-0.25, -0.2) is 4.98 Å². The fourth-order valence-electron chi connectivity index (χ4n) is 2.86. The van der Waals surface area contributed by atoms with Crippen LogP contribution in [0.15, 0.2) is 30.3 Å². The molecule has 1 heterocycles. The molecule has 1 aliphatic carbocycles. The second kappa shape index (κ2) is 6.58. The van der Waals surface area contributed by atoms with E-state index >= 15 is 0 Å². The number of rotatable bonds is 4. The van der Waals surface area contributed by atoms with Crippen LogP contribution in [0.5, 0.6) is 0 Å². The highest BCUT2D eigenvalue weighted by Gasteiger charge is 2.27. The van der Waals surface area contributed by atoms with E-state index in [1.54, 1.807) is 11.3 Å². The van der Waals surface area contributed by atoms with Gasteiger partial charge in [0.05, 0.1) is 12.2 Å². The molecule has 0 bridgehead atoms. The molecule has 2 atom stereocenters. The van der Waals surface area contributed by atoms with Crippen molar-refractivity contribution in [1.29, 1.82) is 0 Å². The first-order valence-corrected chi connectivity index (χ1v) is 8.50. The molecule has 1 amide bonds. The molecule has 1 fully saturated rings. The molecule has 0 aliphatic heterocycles. The maximum Gasteiger partial charge on any atom is 0.223 e. The summed E-state index contributed by atoms with van der Waals surface area (Å²) in [5, 5.41) is 4.05. The molecule has 2 aromatic rings. The summed E-state index contributed by atoms with van der Waals surface area (Å²) in [4.78, 5) is 17.9. The Morgan fingerprint density at radius 3 is 2.82 bits per heavy atom. The predicted molar refractivity (Wildman–Crippen MR) is 89.5 cm³/mol. The van der Waals surface area contributed by atoms with Gasteiger partial charge in [0.15, 0.2) is 0 Å². The second-order valence-electron chi connectivity index (χ2n) is 5.88. The zero-order valence-electron chi connectivity index (χ0n) is 12.7. The zero-order chi connectivity index (χ0) is 15.5. The van der Waals surface area contributed by atoms with E-state index in [-0.39, 0.29) is 17.9 Å². The molecular weight excluding hydrogens is 294 g/mol. The summed E-state index contributed by atoms with van der Waals surface area (Å²) in [6, 6.07) is 10.3. The standard InChI is InChI=1S/C17H21N3OS/c1-11-15(10-19-16(21)13-7-8-14(18)9-13)22-17(20-11)12-5-3-2-4-6-12/h2-6,13-14H,7-10,18H2,1H3,(H,19,21). The van der Waals surface area contributed by atoms with Crippen molar-refractivity contribution in [2.45, 2.75) is 38.8 Å². The SMILES string of the molecule is Cc1nc(-c2ccccc2)sc1CNC(=O)C1CCC(N)C1. The highest BCUT2D eigenvalue weighted by Crippen LogP contribution is 2.28. The lowest BCUT2D eigenvalue weighted by Gasteiger charge is -2.10. The van der Waals surface area contributed by atoms with Crippen LogP contribution in [-0.4, -0.2) is 16.9 Å². The van der Waals surface area contributed by atoms with Crippen molar-refractivity contribution in [3.05, 3.63) is 40.9 Å². The average Bonchev–Trinajstić information content (AvgIpc) is 3.12. The molecule has 5 heteroatoms. The molecule has 116 valence electrons. The van der Waals surface area contributed by atoms with Gasteiger partial charge in [-0.1, -0.05) is 30.3 Å². The highest BCUT2D eigenvalue weighted by molar-refractivity contribution is 7.15. The van der Waals surface area contributed by atoms with Gasteiger partial charge in [0.1, 0.15) is 5.01 Å². The number of nitrogens with one attached hydrogen (secondary N) is 1. The van der Waals surface area contributed by atoms with Gasteiger partial charge < -0.3 is 11.1 Å². The van der Waals surface area contributed by atoms with E-state index in [2.05, 4.69) is 22.4 Å². The molecule has 0 spiro atoms. The Bertz CT molecular complexity index is 653. The topological polar surface area (TPSA) is 68.0 Å². The van der Waals surface area contributed by atoms with Gasteiger partial charge in [0, 0.05) is 22.4 Å². The molecule has 0 radical (unpaired) electrons. The molecule has 22 heavy (non-hydrogen) atoms. The van der Waals surface area contributed by atoms with Crippen molar-refractivity contribution in [1.82, 2.24) is 10.3 Å². The number of thiazole rings is 1. The van der Waals surface area contributed by atoms with E-state index in [9.17, 15) is 4.79 Å². The van der Waals surface area contributed by atoms with Crippen LogP contribution in [0, 0.1) is 12.8 Å². The van der Waals surface area contributed by atoms with Crippen LogP contribution in [-0.2, 0) is 11.3 Å². The minimum Gasteiger partial charge on any atom is -0.351 e. The van der Waals surface area contributed by atoms with Gasteiger partial charge in [-0.2, -0.15) is 0 Å². The number of carbonyl (C=O) groups is 1. The van der Waals surface area contributed by atoms with E-state index in [0.717, 1.165) is 40.4 Å². The second-order valence-corrected chi connectivity index (χ2v) is 6.97. The first-order valence-electron chi connectivity index (χ1n) is 7.68. The summed E-state index contributed by atoms with van der Waals surface area (Å²) < 4.78 is 0. The summed E-state index contributed by atoms with van der Waals surface area (Å²) in [6.45, 7) is 2.55. The Morgan fingerprint density at radius 2 is 2.14 bits per heavy atom. The van der Waals surface area contributed by atoms with E-state index in [4.69, 9.17) is 5.73 Å². The molecule has 1 aromatic heterocycles. The zero-order valence-corrected chi connectivity index (χ0v) is 13.5. The van der Waals surface area contributed by atoms with Gasteiger partial charge in [-0.05, 0) is 26.2 Å². The van der Waals surface area contributed by atoms with Gasteiger partial charge in [0.2, 0.25) is 5.91 Å². The monoisotopic (exact) mass is 315 g/mol. The number of nitrogens with two attached hydrogens (primary N) is 1. The Hall–Kier alpha value is -1.72. The normalized spacial score (nSPS) is 21.0. The molecule has 0 saturated heterocycles. The van der Waals surface area contributed by atoms with Gasteiger partial charge >= 0.3 is 0 Å².